The summed E-state index contributed by atoms with van der Waals surface area (Å²) in [5.41, 5.74) is 0.841. The zero-order valence-electron chi connectivity index (χ0n) is 12.6. The minimum Gasteiger partial charge on any atom is -0.463 e. The second-order valence-electron chi connectivity index (χ2n) is 5.01. The van der Waals surface area contributed by atoms with Crippen LogP contribution in [0.5, 0.6) is 0 Å². The number of quaternary nitrogens is 1. The van der Waals surface area contributed by atoms with Gasteiger partial charge in [0.05, 0.1) is 13.3 Å². The van der Waals surface area contributed by atoms with Gasteiger partial charge in [0.2, 0.25) is 0 Å². The molecule has 0 aliphatic carbocycles. The van der Waals surface area contributed by atoms with E-state index in [0.717, 1.165) is 16.2 Å². The topological polar surface area (TPSA) is 75.8 Å². The van der Waals surface area contributed by atoms with Gasteiger partial charge in [0.1, 0.15) is 6.54 Å². The Bertz CT molecular complexity index is 611. The standard InChI is InChI=1S/C16H19N3O3/c1-17-16(21)18-15(20)14(12-7-4-3-5-8-12)19(2)11-13-9-6-10-22-13/h3-10,14H,11H2,1-2H3,(H2,17,18,20,21)/p+1/t14-/m0/s1. The number of nitrogens with one attached hydrogen (secondary N) is 3. The molecule has 0 aliphatic heterocycles. The molecule has 1 unspecified atom stereocenters. The molecule has 0 radical (unpaired) electrons. The molecule has 22 heavy (non-hydrogen) atoms. The molecule has 2 atom stereocenters. The summed E-state index contributed by atoms with van der Waals surface area (Å²) < 4.78 is 5.34. The maximum absolute atomic E-state index is 12.5. The van der Waals surface area contributed by atoms with Gasteiger partial charge in [-0.3, -0.25) is 10.1 Å². The van der Waals surface area contributed by atoms with Crippen LogP contribution in [0.15, 0.2) is 53.1 Å². The fourth-order valence-electron chi connectivity index (χ4n) is 2.34. The molecule has 1 heterocycles. The molecular weight excluding hydrogens is 282 g/mol. The Balaban J connectivity index is 2.21. The zero-order chi connectivity index (χ0) is 15.9. The molecule has 1 aromatic heterocycles. The summed E-state index contributed by atoms with van der Waals surface area (Å²) in [7, 11) is 3.36. The number of hydrogen-bond acceptors (Lipinski definition) is 3. The van der Waals surface area contributed by atoms with E-state index in [-0.39, 0.29) is 5.91 Å². The first kappa shape index (κ1) is 15.8. The molecule has 0 saturated carbocycles. The Hall–Kier alpha value is -2.60. The van der Waals surface area contributed by atoms with Gasteiger partial charge in [0.15, 0.2) is 11.8 Å². The van der Waals surface area contributed by atoms with Crippen molar-refractivity contribution >= 4 is 11.9 Å². The Labute approximate surface area is 129 Å². The van der Waals surface area contributed by atoms with Crippen molar-refractivity contribution in [3.05, 3.63) is 60.1 Å². The third kappa shape index (κ3) is 3.95. The molecule has 3 amide bonds. The average Bonchev–Trinajstić information content (AvgIpc) is 3.01. The number of urea groups is 1. The Morgan fingerprint density at radius 2 is 1.91 bits per heavy atom. The Morgan fingerprint density at radius 3 is 2.50 bits per heavy atom. The second kappa shape index (κ2) is 7.42. The fourth-order valence-corrected chi connectivity index (χ4v) is 2.34. The van der Waals surface area contributed by atoms with Gasteiger partial charge in [-0.1, -0.05) is 30.3 Å². The van der Waals surface area contributed by atoms with Gasteiger partial charge in [-0.25, -0.2) is 4.79 Å². The van der Waals surface area contributed by atoms with Crippen LogP contribution in [0.1, 0.15) is 17.4 Å². The van der Waals surface area contributed by atoms with Crippen LogP contribution < -0.4 is 15.5 Å². The number of amides is 3. The molecule has 0 aliphatic rings. The summed E-state index contributed by atoms with van der Waals surface area (Å²) in [6.07, 6.45) is 1.60. The molecule has 0 saturated heterocycles. The lowest BCUT2D eigenvalue weighted by Crippen LogP contribution is -3.09. The van der Waals surface area contributed by atoms with E-state index in [1.807, 2.05) is 49.5 Å². The maximum atomic E-state index is 12.5. The first-order chi connectivity index (χ1) is 10.6. The summed E-state index contributed by atoms with van der Waals surface area (Å²) in [6, 6.07) is 12.0. The molecule has 2 aromatic rings. The average molecular weight is 302 g/mol. The van der Waals surface area contributed by atoms with Gasteiger partial charge in [0.25, 0.3) is 5.91 Å². The number of hydrogen-bond donors (Lipinski definition) is 3. The molecule has 1 aromatic carbocycles. The Morgan fingerprint density at radius 1 is 1.18 bits per heavy atom. The van der Waals surface area contributed by atoms with Gasteiger partial charge in [-0.2, -0.15) is 0 Å². The SMILES string of the molecule is CNC(=O)NC(=O)[C@H](c1ccccc1)[NH+](C)Cc1ccco1. The number of carbonyl (C=O) groups excluding carboxylic acids is 2. The van der Waals surface area contributed by atoms with Crippen molar-refractivity contribution in [2.24, 2.45) is 0 Å². The van der Waals surface area contributed by atoms with E-state index in [0.29, 0.717) is 6.54 Å². The molecule has 0 fully saturated rings. The molecule has 6 heteroatoms. The van der Waals surface area contributed by atoms with Gasteiger partial charge >= 0.3 is 6.03 Å². The lowest BCUT2D eigenvalue weighted by Gasteiger charge is -2.23. The lowest BCUT2D eigenvalue weighted by molar-refractivity contribution is -0.917. The predicted octanol–water partition coefficient (Wildman–Crippen LogP) is 0.491. The summed E-state index contributed by atoms with van der Waals surface area (Å²) in [6.45, 7) is 0.535. The highest BCUT2D eigenvalue weighted by Gasteiger charge is 2.30. The van der Waals surface area contributed by atoms with Crippen LogP contribution in [0.2, 0.25) is 0 Å². The van der Waals surface area contributed by atoms with Gasteiger partial charge in [-0.15, -0.1) is 0 Å². The first-order valence-corrected chi connectivity index (χ1v) is 7.04. The molecule has 6 nitrogen and oxygen atoms in total. The smallest absolute Gasteiger partial charge is 0.321 e. The molecule has 0 bridgehead atoms. The van der Waals surface area contributed by atoms with Crippen LogP contribution in [0.3, 0.4) is 0 Å². The summed E-state index contributed by atoms with van der Waals surface area (Å²) in [4.78, 5) is 24.8. The van der Waals surface area contributed by atoms with E-state index in [9.17, 15) is 9.59 Å². The molecule has 0 spiro atoms. The molecule has 3 N–H and O–H groups in total. The second-order valence-corrected chi connectivity index (χ2v) is 5.01. The summed E-state index contributed by atoms with van der Waals surface area (Å²) in [5.74, 6) is 0.431. The molecular formula is C16H20N3O3+. The van der Waals surface area contributed by atoms with Crippen molar-refractivity contribution in [3.63, 3.8) is 0 Å². The molecule has 2 rings (SSSR count). The van der Waals surface area contributed by atoms with Crippen LogP contribution in [-0.2, 0) is 11.3 Å². The van der Waals surface area contributed by atoms with Crippen molar-refractivity contribution < 1.29 is 18.9 Å². The number of likely N-dealkylation sites (N-methyl/N-ethyl adjacent to an activating group) is 1. The maximum Gasteiger partial charge on any atom is 0.321 e. The fraction of sp³-hybridized carbons (Fsp3) is 0.250. The van der Waals surface area contributed by atoms with Crippen molar-refractivity contribution in [1.82, 2.24) is 10.6 Å². The number of benzene rings is 1. The highest BCUT2D eigenvalue weighted by molar-refractivity contribution is 5.96. The minimum absolute atomic E-state index is 0.352. The zero-order valence-corrected chi connectivity index (χ0v) is 12.6. The normalized spacial score (nSPS) is 13.2. The first-order valence-electron chi connectivity index (χ1n) is 7.04. The van der Waals surface area contributed by atoms with E-state index in [1.54, 1.807) is 6.26 Å². The monoisotopic (exact) mass is 302 g/mol. The highest BCUT2D eigenvalue weighted by Crippen LogP contribution is 2.10. The van der Waals surface area contributed by atoms with Gasteiger partial charge < -0.3 is 14.6 Å². The van der Waals surface area contributed by atoms with Crippen LogP contribution >= 0.6 is 0 Å². The van der Waals surface area contributed by atoms with Crippen LogP contribution in [0.25, 0.3) is 0 Å². The van der Waals surface area contributed by atoms with E-state index < -0.39 is 12.1 Å². The van der Waals surface area contributed by atoms with Crippen molar-refractivity contribution in [2.75, 3.05) is 14.1 Å². The minimum atomic E-state index is -0.517. The van der Waals surface area contributed by atoms with Gasteiger partial charge in [-0.05, 0) is 12.1 Å². The number of carbonyl (C=O) groups is 2. The number of rotatable bonds is 5. The van der Waals surface area contributed by atoms with Crippen LogP contribution in [0, 0.1) is 0 Å². The van der Waals surface area contributed by atoms with E-state index in [4.69, 9.17) is 4.42 Å². The van der Waals surface area contributed by atoms with Gasteiger partial charge in [0, 0.05) is 12.6 Å². The van der Waals surface area contributed by atoms with Crippen LogP contribution in [0.4, 0.5) is 4.79 Å². The number of imide groups is 1. The lowest BCUT2D eigenvalue weighted by atomic mass is 10.0. The predicted molar refractivity (Wildman–Crippen MR) is 81.1 cm³/mol. The Kier molecular flexibility index (Phi) is 5.32. The largest absolute Gasteiger partial charge is 0.463 e. The summed E-state index contributed by atoms with van der Waals surface area (Å²) in [5, 5.41) is 4.74. The van der Waals surface area contributed by atoms with Crippen molar-refractivity contribution in [1.29, 1.82) is 0 Å². The highest BCUT2D eigenvalue weighted by atomic mass is 16.3. The number of furan rings is 1. The summed E-state index contributed by atoms with van der Waals surface area (Å²) >= 11 is 0. The van der Waals surface area contributed by atoms with Crippen molar-refractivity contribution in [3.8, 4) is 0 Å². The van der Waals surface area contributed by atoms with Crippen LogP contribution in [-0.4, -0.2) is 26.0 Å². The third-order valence-electron chi connectivity index (χ3n) is 3.38. The van der Waals surface area contributed by atoms with Crippen molar-refractivity contribution in [2.45, 2.75) is 12.6 Å². The quantitative estimate of drug-likeness (QED) is 0.752. The van der Waals surface area contributed by atoms with E-state index in [1.165, 1.54) is 7.05 Å². The third-order valence-corrected chi connectivity index (χ3v) is 3.38. The van der Waals surface area contributed by atoms with E-state index >= 15 is 0 Å². The molecule has 116 valence electrons. The van der Waals surface area contributed by atoms with E-state index in [2.05, 4.69) is 10.6 Å².